The Hall–Kier alpha value is -2.35. The maximum absolute atomic E-state index is 11.9. The molecule has 0 aromatic carbocycles. The van der Waals surface area contributed by atoms with Gasteiger partial charge in [0.15, 0.2) is 12.3 Å². The Morgan fingerprint density at radius 2 is 2.20 bits per heavy atom. The van der Waals surface area contributed by atoms with Crippen molar-refractivity contribution >= 4 is 28.1 Å². The second-order valence-corrected chi connectivity index (χ2v) is 9.77. The molecule has 1 aliphatic carbocycles. The number of pyridine rings is 1. The standard InChI is InChI=1S/C17H18N2O5S/c1-10(20)24-13-6-5-11-4-3-7-18(16(11)13)25(2)9-12(17(22)23)19-14(21)8-15(19)25/h3-4,7,9,13,15H,5-6,8H2,1-2H3/t13?,15-/m1/s1. The van der Waals surface area contributed by atoms with Gasteiger partial charge in [-0.1, -0.05) is 0 Å². The number of carbonyl (C=O) groups excluding carboxylic acids is 3. The maximum atomic E-state index is 11.9. The second-order valence-electron chi connectivity index (χ2n) is 6.60. The molecule has 1 fully saturated rings. The molecular formula is C17H18N2O5S. The highest BCUT2D eigenvalue weighted by Gasteiger charge is 2.58. The van der Waals surface area contributed by atoms with Crippen LogP contribution in [0.1, 0.15) is 37.1 Å². The molecule has 1 saturated heterocycles. The molecule has 0 N–H and O–H groups in total. The van der Waals surface area contributed by atoms with Crippen molar-refractivity contribution in [3.05, 3.63) is 40.7 Å². The van der Waals surface area contributed by atoms with E-state index in [1.807, 2.05) is 28.6 Å². The Bertz CT molecular complexity index is 851. The Kier molecular flexibility index (Phi) is 3.44. The summed E-state index contributed by atoms with van der Waals surface area (Å²) in [5, 5.41) is 12.9. The summed E-state index contributed by atoms with van der Waals surface area (Å²) < 4.78 is 7.53. The van der Waals surface area contributed by atoms with E-state index >= 15 is 0 Å². The minimum absolute atomic E-state index is 0.0501. The first kappa shape index (κ1) is 16.1. The van der Waals surface area contributed by atoms with Crippen LogP contribution in [0.25, 0.3) is 0 Å². The number of carbonyl (C=O) groups is 3. The van der Waals surface area contributed by atoms with E-state index in [9.17, 15) is 19.5 Å². The number of fused-ring (bicyclic) bond motifs is 2. The second kappa shape index (κ2) is 5.32. The molecule has 2 unspecified atom stereocenters. The molecule has 1 amide bonds. The number of hydrogen-bond donors (Lipinski definition) is 0. The quantitative estimate of drug-likeness (QED) is 0.425. The van der Waals surface area contributed by atoms with E-state index in [2.05, 4.69) is 0 Å². The number of nitrogens with zero attached hydrogens (tertiary/aromatic N) is 2. The monoisotopic (exact) mass is 362 g/mol. The number of aromatic nitrogens is 1. The highest BCUT2D eigenvalue weighted by molar-refractivity contribution is 8.31. The fraction of sp³-hybridized carbons (Fsp3) is 0.412. The first-order valence-corrected chi connectivity index (χ1v) is 10.2. The van der Waals surface area contributed by atoms with Crippen LogP contribution in [0.15, 0.2) is 29.4 Å². The predicted octanol–water partition coefficient (Wildman–Crippen LogP) is -0.115. The van der Waals surface area contributed by atoms with Gasteiger partial charge in [0.1, 0.15) is 5.37 Å². The largest absolute Gasteiger partial charge is 0.543 e. The van der Waals surface area contributed by atoms with Crippen molar-refractivity contribution in [2.24, 2.45) is 0 Å². The molecule has 2 aliphatic heterocycles. The van der Waals surface area contributed by atoms with Crippen LogP contribution in [0.2, 0.25) is 0 Å². The van der Waals surface area contributed by atoms with E-state index in [0.29, 0.717) is 12.8 Å². The number of carboxylic acid groups (broad SMARTS) is 1. The van der Waals surface area contributed by atoms with E-state index in [1.165, 1.54) is 11.8 Å². The third-order valence-corrected chi connectivity index (χ3v) is 8.42. The molecule has 25 heavy (non-hydrogen) atoms. The van der Waals surface area contributed by atoms with Gasteiger partial charge >= 0.3 is 5.97 Å². The summed E-state index contributed by atoms with van der Waals surface area (Å²) in [5.41, 5.74) is 1.95. The lowest BCUT2D eigenvalue weighted by Gasteiger charge is -2.43. The van der Waals surface area contributed by atoms with Crippen LogP contribution in [-0.4, -0.2) is 34.4 Å². The van der Waals surface area contributed by atoms with Gasteiger partial charge in [-0.2, -0.15) is 0 Å². The summed E-state index contributed by atoms with van der Waals surface area (Å²) >= 11 is 0. The average molecular weight is 362 g/mol. The van der Waals surface area contributed by atoms with E-state index in [0.717, 1.165) is 17.7 Å². The molecule has 0 saturated carbocycles. The lowest BCUT2D eigenvalue weighted by Crippen LogP contribution is -2.58. The van der Waals surface area contributed by atoms with Crippen LogP contribution < -0.4 is 9.08 Å². The first-order chi connectivity index (χ1) is 11.8. The number of aliphatic carboxylic acids is 1. The van der Waals surface area contributed by atoms with Crippen LogP contribution in [0, 0.1) is 0 Å². The molecule has 3 aliphatic rings. The van der Waals surface area contributed by atoms with Gasteiger partial charge in [0, 0.05) is 40.4 Å². The van der Waals surface area contributed by atoms with Crippen molar-refractivity contribution < 1.29 is 28.2 Å². The number of hydrogen-bond acceptors (Lipinski definition) is 5. The molecule has 3 heterocycles. The van der Waals surface area contributed by atoms with Crippen LogP contribution in [0.4, 0.5) is 0 Å². The summed E-state index contributed by atoms with van der Waals surface area (Å²) in [4.78, 5) is 36.2. The smallest absolute Gasteiger partial charge is 0.303 e. The van der Waals surface area contributed by atoms with E-state index in [1.54, 1.807) is 5.41 Å². The molecule has 0 spiro atoms. The Labute approximate surface area is 146 Å². The van der Waals surface area contributed by atoms with Crippen molar-refractivity contribution in [2.45, 2.75) is 37.7 Å². The fourth-order valence-corrected chi connectivity index (χ4v) is 7.26. The Balaban J connectivity index is 1.83. The number of carboxylic acids is 1. The van der Waals surface area contributed by atoms with Gasteiger partial charge in [-0.25, -0.2) is 0 Å². The highest BCUT2D eigenvalue weighted by Crippen LogP contribution is 2.60. The molecule has 0 radical (unpaired) electrons. The topological polar surface area (TPSA) is 90.6 Å². The maximum Gasteiger partial charge on any atom is 0.303 e. The van der Waals surface area contributed by atoms with Gasteiger partial charge in [0.2, 0.25) is 11.6 Å². The summed E-state index contributed by atoms with van der Waals surface area (Å²) in [6.07, 6.45) is 5.35. The number of rotatable bonds is 3. The number of β-lactam (4-membered cyclic amide) rings is 1. The van der Waals surface area contributed by atoms with Crippen molar-refractivity contribution in [3.63, 3.8) is 0 Å². The van der Waals surface area contributed by atoms with E-state index < -0.39 is 16.2 Å². The normalized spacial score (nSPS) is 32.2. The number of aryl methyl sites for hydroxylation is 1. The third-order valence-electron chi connectivity index (χ3n) is 5.07. The van der Waals surface area contributed by atoms with E-state index in [4.69, 9.17) is 4.74 Å². The van der Waals surface area contributed by atoms with Crippen molar-refractivity contribution in [3.8, 4) is 0 Å². The van der Waals surface area contributed by atoms with Crippen LogP contribution in [0.5, 0.6) is 0 Å². The summed E-state index contributed by atoms with van der Waals surface area (Å²) in [5.74, 6) is -1.87. The van der Waals surface area contributed by atoms with Crippen molar-refractivity contribution in [2.75, 3.05) is 6.26 Å². The van der Waals surface area contributed by atoms with Gasteiger partial charge in [-0.05, 0) is 18.9 Å². The zero-order valence-electron chi connectivity index (χ0n) is 13.9. The van der Waals surface area contributed by atoms with Crippen LogP contribution in [-0.2, 0) is 25.5 Å². The lowest BCUT2D eigenvalue weighted by molar-refractivity contribution is -0.520. The van der Waals surface area contributed by atoms with Gasteiger partial charge in [0.25, 0.3) is 0 Å². The van der Waals surface area contributed by atoms with Crippen LogP contribution in [0.3, 0.4) is 0 Å². The number of amides is 1. The first-order valence-electron chi connectivity index (χ1n) is 8.06. The Morgan fingerprint density at radius 1 is 1.44 bits per heavy atom. The molecule has 1 aromatic heterocycles. The fourth-order valence-electron chi connectivity index (χ4n) is 3.94. The zero-order valence-corrected chi connectivity index (χ0v) is 14.7. The number of esters is 1. The van der Waals surface area contributed by atoms with Crippen molar-refractivity contribution in [1.82, 2.24) is 4.90 Å². The molecule has 132 valence electrons. The molecule has 7 nitrogen and oxygen atoms in total. The third kappa shape index (κ3) is 2.20. The minimum atomic E-state index is -1.80. The number of ether oxygens (including phenoxy) is 1. The molecule has 3 atom stereocenters. The summed E-state index contributed by atoms with van der Waals surface area (Å²) in [6, 6.07) is 3.92. The van der Waals surface area contributed by atoms with Gasteiger partial charge in [-0.15, -0.1) is 3.97 Å². The summed E-state index contributed by atoms with van der Waals surface area (Å²) in [6.45, 7) is 1.38. The summed E-state index contributed by atoms with van der Waals surface area (Å²) in [7, 11) is -1.80. The highest BCUT2D eigenvalue weighted by atomic mass is 32.3. The van der Waals surface area contributed by atoms with Gasteiger partial charge in [-0.3, -0.25) is 14.5 Å². The predicted molar refractivity (Wildman–Crippen MR) is 86.7 cm³/mol. The zero-order chi connectivity index (χ0) is 17.9. The minimum Gasteiger partial charge on any atom is -0.543 e. The molecule has 4 rings (SSSR count). The lowest BCUT2D eigenvalue weighted by atomic mass is 10.2. The van der Waals surface area contributed by atoms with Crippen LogP contribution >= 0.6 is 10.2 Å². The van der Waals surface area contributed by atoms with Gasteiger partial charge < -0.3 is 14.6 Å². The molecule has 0 bridgehead atoms. The van der Waals surface area contributed by atoms with Gasteiger partial charge in [0.05, 0.1) is 18.1 Å². The SMILES string of the molecule is CC(=O)OC1CCc2ccc[n+](S3(C)C=C(C(=O)[O-])N4C(=O)C[C@H]43)c21. The van der Waals surface area contributed by atoms with E-state index in [-0.39, 0.29) is 29.1 Å². The molecular weight excluding hydrogens is 344 g/mol. The average Bonchev–Trinajstić information content (AvgIpc) is 3.04. The molecule has 8 heteroatoms. The molecule has 1 aromatic rings. The Morgan fingerprint density at radius 3 is 2.80 bits per heavy atom. The van der Waals surface area contributed by atoms with Crippen molar-refractivity contribution in [1.29, 1.82) is 0 Å².